The first-order valence-corrected chi connectivity index (χ1v) is 9.80. The minimum Gasteiger partial charge on any atom is -0.469 e. The maximum Gasteiger partial charge on any atom is 0.305 e. The average molecular weight is 364 g/mol. The summed E-state index contributed by atoms with van der Waals surface area (Å²) >= 11 is 0. The van der Waals surface area contributed by atoms with Gasteiger partial charge in [0.2, 0.25) is 0 Å². The van der Waals surface area contributed by atoms with Crippen LogP contribution < -0.4 is 0 Å². The van der Waals surface area contributed by atoms with Crippen molar-refractivity contribution in [1.82, 2.24) is 0 Å². The molecule has 26 heavy (non-hydrogen) atoms. The van der Waals surface area contributed by atoms with Crippen LogP contribution in [0.5, 0.6) is 0 Å². The third-order valence-corrected chi connectivity index (χ3v) is 5.70. The van der Waals surface area contributed by atoms with Gasteiger partial charge in [0.1, 0.15) is 5.78 Å². The van der Waals surface area contributed by atoms with Gasteiger partial charge in [-0.25, -0.2) is 0 Å². The predicted molar refractivity (Wildman–Crippen MR) is 99.3 cm³/mol. The Bertz CT molecular complexity index is 520. The van der Waals surface area contributed by atoms with Crippen LogP contribution in [-0.4, -0.2) is 41.3 Å². The van der Waals surface area contributed by atoms with Gasteiger partial charge in [-0.3, -0.25) is 9.59 Å². The third-order valence-electron chi connectivity index (χ3n) is 5.70. The highest BCUT2D eigenvalue weighted by atomic mass is 16.5. The lowest BCUT2D eigenvalue weighted by Crippen LogP contribution is -2.26. The lowest BCUT2D eigenvalue weighted by atomic mass is 9.80. The fraction of sp³-hybridized carbons (Fsp3) is 0.714. The van der Waals surface area contributed by atoms with E-state index in [1.165, 1.54) is 13.5 Å². The Morgan fingerprint density at radius 3 is 2.73 bits per heavy atom. The summed E-state index contributed by atoms with van der Waals surface area (Å²) in [6.07, 6.45) is 13.6. The van der Waals surface area contributed by atoms with Crippen LogP contribution in [0.15, 0.2) is 24.3 Å². The van der Waals surface area contributed by atoms with Gasteiger partial charge >= 0.3 is 5.97 Å². The fourth-order valence-corrected chi connectivity index (χ4v) is 3.75. The quantitative estimate of drug-likeness (QED) is 0.354. The summed E-state index contributed by atoms with van der Waals surface area (Å²) in [5.41, 5.74) is 0. The van der Waals surface area contributed by atoms with Crippen LogP contribution >= 0.6 is 0 Å². The van der Waals surface area contributed by atoms with Gasteiger partial charge < -0.3 is 14.9 Å². The number of allylic oxidation sites excluding steroid dienone is 2. The van der Waals surface area contributed by atoms with Gasteiger partial charge in [-0.2, -0.15) is 0 Å². The zero-order chi connectivity index (χ0) is 18.9. The third kappa shape index (κ3) is 6.06. The minimum atomic E-state index is -0.627. The summed E-state index contributed by atoms with van der Waals surface area (Å²) in [4.78, 5) is 23.2. The Hall–Kier alpha value is -1.46. The second kappa shape index (κ2) is 10.6. The highest BCUT2D eigenvalue weighted by Crippen LogP contribution is 2.34. The molecule has 2 N–H and O–H groups in total. The van der Waals surface area contributed by atoms with Crippen molar-refractivity contribution in [3.8, 4) is 0 Å². The van der Waals surface area contributed by atoms with Crippen molar-refractivity contribution in [3.05, 3.63) is 24.3 Å². The van der Waals surface area contributed by atoms with Crippen LogP contribution in [0.2, 0.25) is 0 Å². The number of carbonyl (C=O) groups excluding carboxylic acids is 2. The molecule has 0 aromatic rings. The number of ketones is 1. The summed E-state index contributed by atoms with van der Waals surface area (Å²) in [5.74, 6) is -0.0547. The second-order valence-corrected chi connectivity index (χ2v) is 7.52. The van der Waals surface area contributed by atoms with E-state index in [9.17, 15) is 19.8 Å². The molecule has 0 amide bonds. The molecule has 0 radical (unpaired) electrons. The van der Waals surface area contributed by atoms with Crippen molar-refractivity contribution in [2.45, 2.75) is 70.0 Å². The van der Waals surface area contributed by atoms with Gasteiger partial charge in [-0.15, -0.1) is 0 Å². The van der Waals surface area contributed by atoms with Crippen LogP contribution in [0.4, 0.5) is 0 Å². The molecule has 2 saturated carbocycles. The highest BCUT2D eigenvalue weighted by molar-refractivity contribution is 5.84. The summed E-state index contributed by atoms with van der Waals surface area (Å²) in [6.45, 7) is 0. The number of hydrogen-bond acceptors (Lipinski definition) is 5. The molecule has 0 aliphatic heterocycles. The van der Waals surface area contributed by atoms with E-state index in [0.29, 0.717) is 25.2 Å². The molecule has 146 valence electrons. The molecule has 5 heteroatoms. The Morgan fingerprint density at radius 2 is 2.08 bits per heavy atom. The minimum absolute atomic E-state index is 0.103. The lowest BCUT2D eigenvalue weighted by Gasteiger charge is -2.29. The number of unbranched alkanes of at least 4 members (excludes halogenated alkanes) is 1. The summed E-state index contributed by atoms with van der Waals surface area (Å²) in [5, 5.41) is 20.3. The molecule has 0 spiro atoms. The van der Waals surface area contributed by atoms with Gasteiger partial charge in [-0.1, -0.05) is 30.7 Å². The van der Waals surface area contributed by atoms with Gasteiger partial charge in [0.25, 0.3) is 0 Å². The number of rotatable bonds is 10. The van der Waals surface area contributed by atoms with E-state index < -0.39 is 6.10 Å². The number of Topliss-reactive ketones (excluding diaryl/α,β-unsaturated/α-hetero) is 1. The number of hydrogen-bond donors (Lipinski definition) is 2. The number of carbonyl (C=O) groups is 2. The first kappa shape index (κ1) is 20.8. The average Bonchev–Trinajstić information content (AvgIpc) is 2.82. The van der Waals surface area contributed by atoms with E-state index in [1.807, 2.05) is 24.3 Å². The fourth-order valence-electron chi connectivity index (χ4n) is 3.75. The summed E-state index contributed by atoms with van der Waals surface area (Å²) in [7, 11) is 1.38. The maximum absolute atomic E-state index is 12.2. The lowest BCUT2D eigenvalue weighted by molar-refractivity contribution is -0.140. The van der Waals surface area contributed by atoms with Crippen LogP contribution in [0.1, 0.15) is 57.8 Å². The number of aliphatic hydroxyl groups excluding tert-OH is 2. The number of ether oxygens (including phenoxy) is 1. The first-order chi connectivity index (χ1) is 12.5. The zero-order valence-electron chi connectivity index (χ0n) is 15.7. The maximum atomic E-state index is 12.2. The van der Waals surface area contributed by atoms with Crippen LogP contribution in [0, 0.1) is 17.8 Å². The number of esters is 1. The van der Waals surface area contributed by atoms with Gasteiger partial charge in [-0.05, 0) is 44.4 Å². The van der Waals surface area contributed by atoms with Crippen molar-refractivity contribution >= 4 is 11.8 Å². The SMILES string of the molecule is COC(=O)CCCC=CC[C@H]1C(=O)C[C@@H](O)[C@@H]1C=CCC(O)C1CCC1. The standard InChI is InChI=1S/C21H32O5/c1-26-21(25)13-5-3-2-4-10-16-17(20(24)14-19(16)23)11-7-12-18(22)15-8-6-9-15/h2,4,7,11,15-18,20,22,24H,3,5-6,8-10,12-14H2,1H3/t16-,17-,18?,20-/m1/s1. The molecular weight excluding hydrogens is 332 g/mol. The molecule has 0 heterocycles. The Labute approximate surface area is 156 Å². The molecule has 0 saturated heterocycles. The van der Waals surface area contributed by atoms with Gasteiger partial charge in [0.15, 0.2) is 0 Å². The summed E-state index contributed by atoms with van der Waals surface area (Å²) < 4.78 is 4.60. The van der Waals surface area contributed by atoms with E-state index >= 15 is 0 Å². The largest absolute Gasteiger partial charge is 0.469 e. The van der Waals surface area contributed by atoms with Crippen molar-refractivity contribution in [3.63, 3.8) is 0 Å². The smallest absolute Gasteiger partial charge is 0.305 e. The van der Waals surface area contributed by atoms with Crippen molar-refractivity contribution < 1.29 is 24.5 Å². The van der Waals surface area contributed by atoms with Crippen molar-refractivity contribution in [2.24, 2.45) is 17.8 Å². The normalized spacial score (nSPS) is 28.0. The second-order valence-electron chi connectivity index (χ2n) is 7.52. The van der Waals surface area contributed by atoms with Crippen molar-refractivity contribution in [2.75, 3.05) is 7.11 Å². The molecule has 2 aliphatic rings. The molecule has 2 fully saturated rings. The molecule has 4 atom stereocenters. The first-order valence-electron chi connectivity index (χ1n) is 9.80. The molecule has 0 bridgehead atoms. The Kier molecular flexibility index (Phi) is 8.52. The predicted octanol–water partition coefficient (Wildman–Crippen LogP) is 2.95. The highest BCUT2D eigenvalue weighted by Gasteiger charge is 2.39. The van der Waals surface area contributed by atoms with E-state index in [-0.39, 0.29) is 36.1 Å². The molecule has 0 aromatic heterocycles. The molecule has 2 aliphatic carbocycles. The molecule has 0 aromatic carbocycles. The number of methoxy groups -OCH3 is 1. The van der Waals surface area contributed by atoms with E-state index in [0.717, 1.165) is 25.7 Å². The zero-order valence-corrected chi connectivity index (χ0v) is 15.7. The van der Waals surface area contributed by atoms with E-state index in [2.05, 4.69) is 4.74 Å². The Morgan fingerprint density at radius 1 is 1.31 bits per heavy atom. The summed E-state index contributed by atoms with van der Waals surface area (Å²) in [6, 6.07) is 0. The molecule has 1 unspecified atom stereocenters. The van der Waals surface area contributed by atoms with Crippen LogP contribution in [0.25, 0.3) is 0 Å². The topological polar surface area (TPSA) is 83.8 Å². The van der Waals surface area contributed by atoms with E-state index in [4.69, 9.17) is 0 Å². The van der Waals surface area contributed by atoms with Gasteiger partial charge in [0, 0.05) is 24.7 Å². The molecular formula is C21H32O5. The van der Waals surface area contributed by atoms with Crippen molar-refractivity contribution in [1.29, 1.82) is 0 Å². The van der Waals surface area contributed by atoms with Crippen LogP contribution in [-0.2, 0) is 14.3 Å². The monoisotopic (exact) mass is 364 g/mol. The van der Waals surface area contributed by atoms with Gasteiger partial charge in [0.05, 0.1) is 19.3 Å². The van der Waals surface area contributed by atoms with E-state index in [1.54, 1.807) is 0 Å². The van der Waals surface area contributed by atoms with Crippen LogP contribution in [0.3, 0.4) is 0 Å². The molecule has 5 nitrogen and oxygen atoms in total. The number of aliphatic hydroxyl groups is 2. The Balaban J connectivity index is 1.77. The molecule has 2 rings (SSSR count).